The summed E-state index contributed by atoms with van der Waals surface area (Å²) in [6.45, 7) is 7.09. The van der Waals surface area contributed by atoms with E-state index in [-0.39, 0.29) is 17.9 Å². The number of hydrogen-bond donors (Lipinski definition) is 3. The van der Waals surface area contributed by atoms with E-state index in [2.05, 4.69) is 10.6 Å². The van der Waals surface area contributed by atoms with Crippen LogP contribution in [0.4, 0.5) is 5.69 Å². The van der Waals surface area contributed by atoms with Gasteiger partial charge in [-0.05, 0) is 38.8 Å². The first-order valence-electron chi connectivity index (χ1n) is 9.60. The predicted molar refractivity (Wildman–Crippen MR) is 104 cm³/mol. The average molecular weight is 406 g/mol. The molecule has 3 N–H and O–H groups in total. The van der Waals surface area contributed by atoms with E-state index in [4.69, 9.17) is 11.6 Å². The molecule has 1 aromatic carbocycles. The zero-order valence-electron chi connectivity index (χ0n) is 16.2. The monoisotopic (exact) mass is 405 g/mol. The molecule has 0 aliphatic carbocycles. The van der Waals surface area contributed by atoms with Gasteiger partial charge < -0.3 is 10.4 Å². The van der Waals surface area contributed by atoms with Crippen molar-refractivity contribution in [3.05, 3.63) is 28.3 Å². The van der Waals surface area contributed by atoms with Crippen molar-refractivity contribution in [3.8, 4) is 0 Å². The zero-order chi connectivity index (χ0) is 20.5. The number of benzene rings is 1. The normalized spacial score (nSPS) is 33.3. The van der Waals surface area contributed by atoms with Gasteiger partial charge in [0.25, 0.3) is 0 Å². The lowest BCUT2D eigenvalue weighted by atomic mass is 9.76. The number of imide groups is 1. The second-order valence-electron chi connectivity index (χ2n) is 8.08. The first kappa shape index (κ1) is 19.4. The number of likely N-dealkylation sites (tertiary alicyclic amines) is 1. The Bertz CT molecular complexity index is 902. The summed E-state index contributed by atoms with van der Waals surface area (Å²) in [5, 5.41) is 16.9. The fourth-order valence-corrected chi connectivity index (χ4v) is 5.13. The SMILES string of the molecule is CC[C@@H](C)N1C(=O)[C@@H]2[C@H]([C@@H](C)O)N[C@]3(C(=O)Nc4c3ccc(Cl)c4C)[C@@H]2C1=O. The van der Waals surface area contributed by atoms with Crippen molar-refractivity contribution in [2.45, 2.75) is 57.8 Å². The maximum atomic E-state index is 13.4. The Morgan fingerprint density at radius 3 is 2.54 bits per heavy atom. The Labute approximate surface area is 168 Å². The van der Waals surface area contributed by atoms with Gasteiger partial charge in [0, 0.05) is 22.7 Å². The number of carbonyl (C=O) groups excluding carboxylic acids is 3. The Morgan fingerprint density at radius 2 is 1.93 bits per heavy atom. The molecule has 3 aliphatic rings. The third kappa shape index (κ3) is 2.21. The summed E-state index contributed by atoms with van der Waals surface area (Å²) in [5.41, 5.74) is 0.479. The third-order valence-electron chi connectivity index (χ3n) is 6.60. The van der Waals surface area contributed by atoms with Crippen LogP contribution in [0.3, 0.4) is 0 Å². The summed E-state index contributed by atoms with van der Waals surface area (Å²) in [7, 11) is 0. The highest BCUT2D eigenvalue weighted by molar-refractivity contribution is 6.32. The number of anilines is 1. The molecule has 3 amide bonds. The maximum absolute atomic E-state index is 13.4. The molecule has 3 heterocycles. The number of carbonyl (C=O) groups is 3. The van der Waals surface area contributed by atoms with E-state index in [1.807, 2.05) is 13.8 Å². The summed E-state index contributed by atoms with van der Waals surface area (Å²) in [6, 6.07) is 2.44. The van der Waals surface area contributed by atoms with Crippen molar-refractivity contribution < 1.29 is 19.5 Å². The van der Waals surface area contributed by atoms with E-state index < -0.39 is 35.4 Å². The van der Waals surface area contributed by atoms with E-state index in [0.717, 1.165) is 0 Å². The summed E-state index contributed by atoms with van der Waals surface area (Å²) < 4.78 is 0. The van der Waals surface area contributed by atoms with Gasteiger partial charge in [-0.2, -0.15) is 0 Å². The Balaban J connectivity index is 1.93. The second kappa shape index (κ2) is 6.27. The van der Waals surface area contributed by atoms with E-state index >= 15 is 0 Å². The number of halogens is 1. The molecule has 2 saturated heterocycles. The number of rotatable bonds is 3. The van der Waals surface area contributed by atoms with Crippen molar-refractivity contribution in [3.63, 3.8) is 0 Å². The second-order valence-corrected chi connectivity index (χ2v) is 8.48. The minimum absolute atomic E-state index is 0.270. The zero-order valence-corrected chi connectivity index (χ0v) is 17.0. The number of amides is 3. The highest BCUT2D eigenvalue weighted by atomic mass is 35.5. The van der Waals surface area contributed by atoms with Crippen LogP contribution >= 0.6 is 11.6 Å². The molecule has 0 radical (unpaired) electrons. The molecule has 0 unspecified atom stereocenters. The lowest BCUT2D eigenvalue weighted by Crippen LogP contribution is -2.55. The van der Waals surface area contributed by atoms with Crippen molar-refractivity contribution in [1.29, 1.82) is 0 Å². The van der Waals surface area contributed by atoms with Gasteiger partial charge in [0.1, 0.15) is 5.54 Å². The summed E-state index contributed by atoms with van der Waals surface area (Å²) >= 11 is 6.22. The van der Waals surface area contributed by atoms with Crippen LogP contribution in [0.2, 0.25) is 5.02 Å². The highest BCUT2D eigenvalue weighted by Gasteiger charge is 2.71. The van der Waals surface area contributed by atoms with Crippen LogP contribution in [0.5, 0.6) is 0 Å². The summed E-state index contributed by atoms with van der Waals surface area (Å²) in [6.07, 6.45) is -0.292. The van der Waals surface area contributed by atoms with Gasteiger partial charge in [0.05, 0.1) is 23.6 Å². The predicted octanol–water partition coefficient (Wildman–Crippen LogP) is 1.55. The molecule has 1 spiro atoms. The van der Waals surface area contributed by atoms with Crippen LogP contribution in [0.15, 0.2) is 12.1 Å². The van der Waals surface area contributed by atoms with Crippen LogP contribution < -0.4 is 10.6 Å². The molecule has 0 bridgehead atoms. The highest BCUT2D eigenvalue weighted by Crippen LogP contribution is 2.54. The standard InChI is InChI=1S/C20H24ClN3O4/c1-5-8(2)24-17(26)13-14(18(24)27)20(23-16(13)10(4)25)11-6-7-12(21)9(3)15(11)22-19(20)28/h6-8,10,13-14,16,23,25H,5H2,1-4H3,(H,22,28)/t8-,10-,13+,14+,16+,20+/m1/s1. The Morgan fingerprint density at radius 1 is 1.25 bits per heavy atom. The Hall–Kier alpha value is -1.96. The van der Waals surface area contributed by atoms with Gasteiger partial charge in [0.2, 0.25) is 17.7 Å². The van der Waals surface area contributed by atoms with Crippen LogP contribution in [-0.2, 0) is 19.9 Å². The number of nitrogens with zero attached hydrogens (tertiary/aromatic N) is 1. The minimum Gasteiger partial charge on any atom is -0.392 e. The van der Waals surface area contributed by atoms with Gasteiger partial charge in [-0.15, -0.1) is 0 Å². The molecule has 3 aliphatic heterocycles. The van der Waals surface area contributed by atoms with E-state index in [1.165, 1.54) is 4.90 Å². The number of aliphatic hydroxyl groups is 1. The smallest absolute Gasteiger partial charge is 0.250 e. The third-order valence-corrected chi connectivity index (χ3v) is 7.01. The lowest BCUT2D eigenvalue weighted by Gasteiger charge is -2.31. The number of nitrogens with one attached hydrogen (secondary N) is 2. The van der Waals surface area contributed by atoms with Gasteiger partial charge in [-0.1, -0.05) is 24.6 Å². The fraction of sp³-hybridized carbons (Fsp3) is 0.550. The van der Waals surface area contributed by atoms with Gasteiger partial charge in [-0.25, -0.2) is 0 Å². The number of hydrogen-bond acceptors (Lipinski definition) is 5. The molecule has 2 fully saturated rings. The van der Waals surface area contributed by atoms with Crippen LogP contribution in [0, 0.1) is 18.8 Å². The van der Waals surface area contributed by atoms with E-state index in [0.29, 0.717) is 28.3 Å². The van der Waals surface area contributed by atoms with Gasteiger partial charge in [-0.3, -0.25) is 24.6 Å². The lowest BCUT2D eigenvalue weighted by molar-refractivity contribution is -0.145. The molecular formula is C20H24ClN3O4. The average Bonchev–Trinajstić information content (AvgIpc) is 3.24. The molecule has 150 valence electrons. The maximum Gasteiger partial charge on any atom is 0.250 e. The van der Waals surface area contributed by atoms with Crippen LogP contribution in [0.1, 0.15) is 38.3 Å². The van der Waals surface area contributed by atoms with Crippen molar-refractivity contribution in [1.82, 2.24) is 10.2 Å². The van der Waals surface area contributed by atoms with Crippen molar-refractivity contribution in [2.24, 2.45) is 11.8 Å². The van der Waals surface area contributed by atoms with Crippen molar-refractivity contribution in [2.75, 3.05) is 5.32 Å². The van der Waals surface area contributed by atoms with E-state index in [1.54, 1.807) is 26.0 Å². The largest absolute Gasteiger partial charge is 0.392 e. The van der Waals surface area contributed by atoms with E-state index in [9.17, 15) is 19.5 Å². The molecule has 7 nitrogen and oxygen atoms in total. The minimum atomic E-state index is -1.40. The topological polar surface area (TPSA) is 98.7 Å². The van der Waals surface area contributed by atoms with Crippen LogP contribution in [0.25, 0.3) is 0 Å². The fourth-order valence-electron chi connectivity index (χ4n) is 4.97. The first-order valence-corrected chi connectivity index (χ1v) is 9.98. The molecule has 28 heavy (non-hydrogen) atoms. The molecule has 0 aromatic heterocycles. The molecule has 8 heteroatoms. The molecule has 6 atom stereocenters. The molecule has 4 rings (SSSR count). The summed E-state index contributed by atoms with van der Waals surface area (Å²) in [4.78, 5) is 41.1. The quantitative estimate of drug-likeness (QED) is 0.663. The molecule has 1 aromatic rings. The van der Waals surface area contributed by atoms with Gasteiger partial charge in [0.15, 0.2) is 0 Å². The number of aliphatic hydroxyl groups excluding tert-OH is 1. The van der Waals surface area contributed by atoms with Crippen molar-refractivity contribution >= 4 is 35.0 Å². The molecular weight excluding hydrogens is 382 g/mol. The Kier molecular flexibility index (Phi) is 4.34. The van der Waals surface area contributed by atoms with Crippen LogP contribution in [-0.4, -0.2) is 45.9 Å². The summed E-state index contributed by atoms with van der Waals surface area (Å²) in [5.74, 6) is -2.79. The number of fused-ring (bicyclic) bond motifs is 4. The molecule has 0 saturated carbocycles. The van der Waals surface area contributed by atoms with Gasteiger partial charge >= 0.3 is 0 Å². The first-order chi connectivity index (χ1) is 13.2.